The number of nitrogens with two attached hydrogens (primary N) is 1. The van der Waals surface area contributed by atoms with Gasteiger partial charge in [0.25, 0.3) is 0 Å². The molecule has 2 fully saturated rings. The number of sulfonamides is 1. The number of benzene rings is 5. The van der Waals surface area contributed by atoms with Crippen LogP contribution in [0, 0.1) is 18.3 Å². The summed E-state index contributed by atoms with van der Waals surface area (Å²) in [6.45, 7) is 6.23. The van der Waals surface area contributed by atoms with Crippen LogP contribution in [0.4, 0.5) is 5.69 Å². The van der Waals surface area contributed by atoms with Crippen LogP contribution >= 0.6 is 11.6 Å². The fraction of sp³-hybridized carbons (Fsp3) is 0.289. The van der Waals surface area contributed by atoms with E-state index in [0.29, 0.717) is 61.4 Å². The lowest BCUT2D eigenvalue weighted by atomic mass is 9.97. The Labute approximate surface area is 340 Å². The lowest BCUT2D eigenvalue weighted by Crippen LogP contribution is -2.56. The number of halogens is 1. The number of carbonyl (C=O) groups excluding carboxylic acids is 1. The van der Waals surface area contributed by atoms with E-state index in [9.17, 15) is 18.5 Å². The molecule has 10 nitrogen and oxygen atoms in total. The highest BCUT2D eigenvalue weighted by Gasteiger charge is 2.34. The Bertz CT molecular complexity index is 2360. The third kappa shape index (κ3) is 9.60. The number of hydrogen-bond donors (Lipinski definition) is 1. The maximum Gasteiger partial charge on any atom is 0.240 e. The zero-order valence-corrected chi connectivity index (χ0v) is 33.5. The molecule has 12 heteroatoms. The first kappa shape index (κ1) is 39.8. The van der Waals surface area contributed by atoms with E-state index in [1.807, 2.05) is 59.5 Å². The normalized spacial score (nSPS) is 16.2. The number of piperidine rings is 1. The van der Waals surface area contributed by atoms with E-state index in [-0.39, 0.29) is 23.5 Å². The quantitative estimate of drug-likeness (QED) is 0.136. The van der Waals surface area contributed by atoms with Crippen molar-refractivity contribution in [2.45, 2.75) is 56.9 Å². The second-order valence-electron chi connectivity index (χ2n) is 14.6. The van der Waals surface area contributed by atoms with Gasteiger partial charge in [0.2, 0.25) is 15.9 Å². The van der Waals surface area contributed by atoms with Crippen LogP contribution < -0.4 is 19.5 Å². The summed E-state index contributed by atoms with van der Waals surface area (Å²) in [7, 11) is -3.77. The van der Waals surface area contributed by atoms with E-state index in [4.69, 9.17) is 26.2 Å². The molecule has 7 rings (SSSR count). The van der Waals surface area contributed by atoms with Crippen LogP contribution in [0.25, 0.3) is 11.1 Å². The standard InChI is InChI=1S/C45H46ClN5O5S/c1-32-36(13-8-14-40(32)35-11-3-2-4-12-35)31-56-44-27-43(55-30-34-10-7-9-33(25-34)28-47)37(26-41(44)46)29-51-20-6-5-15-42(51)45(52)50-23-21-49(22-24-50)38-16-18-39(19-17-38)57(48,53)54/h2-4,7-14,16-19,25-27,42H,5-6,15,20-24,29-31H2,1H3,(H2,48,53,54). The van der Waals surface area contributed by atoms with Crippen molar-refractivity contribution in [2.24, 2.45) is 5.14 Å². The average Bonchev–Trinajstić information content (AvgIpc) is 3.23. The molecule has 0 aliphatic carbocycles. The van der Waals surface area contributed by atoms with Gasteiger partial charge >= 0.3 is 0 Å². The molecule has 2 saturated heterocycles. The maximum absolute atomic E-state index is 14.2. The van der Waals surface area contributed by atoms with Crippen LogP contribution in [0.1, 0.15) is 47.1 Å². The van der Waals surface area contributed by atoms with Crippen molar-refractivity contribution in [3.8, 4) is 28.7 Å². The molecule has 1 atom stereocenters. The SMILES string of the molecule is Cc1c(COc2cc(OCc3cccc(C#N)c3)c(CN3CCCCC3C(=O)N3CCN(c4ccc(S(N)(=O)=O)cc4)CC3)cc2Cl)cccc1-c1ccccc1. The number of nitriles is 1. The molecule has 1 unspecified atom stereocenters. The lowest BCUT2D eigenvalue weighted by Gasteiger charge is -2.41. The van der Waals surface area contributed by atoms with E-state index in [1.54, 1.807) is 18.2 Å². The van der Waals surface area contributed by atoms with E-state index in [0.717, 1.165) is 64.9 Å². The van der Waals surface area contributed by atoms with Gasteiger partial charge in [-0.3, -0.25) is 9.69 Å². The number of nitrogens with zero attached hydrogens (tertiary/aromatic N) is 4. The number of hydrogen-bond acceptors (Lipinski definition) is 8. The van der Waals surface area contributed by atoms with Crippen LogP contribution in [-0.4, -0.2) is 62.9 Å². The summed E-state index contributed by atoms with van der Waals surface area (Å²) in [5, 5.41) is 15.2. The molecule has 5 aromatic carbocycles. The number of anilines is 1. The van der Waals surface area contributed by atoms with Gasteiger partial charge in [-0.2, -0.15) is 5.26 Å². The maximum atomic E-state index is 14.2. The fourth-order valence-electron chi connectivity index (χ4n) is 7.68. The molecular formula is C45H46ClN5O5S. The third-order valence-corrected chi connectivity index (χ3v) is 12.1. The molecule has 0 saturated carbocycles. The van der Waals surface area contributed by atoms with Crippen molar-refractivity contribution < 1.29 is 22.7 Å². The molecule has 5 aromatic rings. The van der Waals surface area contributed by atoms with E-state index < -0.39 is 10.0 Å². The summed E-state index contributed by atoms with van der Waals surface area (Å²) < 4.78 is 36.3. The highest BCUT2D eigenvalue weighted by atomic mass is 35.5. The van der Waals surface area contributed by atoms with Crippen LogP contribution in [-0.2, 0) is 34.6 Å². The smallest absolute Gasteiger partial charge is 0.240 e. The topological polar surface area (TPSA) is 129 Å². The van der Waals surface area contributed by atoms with E-state index in [2.05, 4.69) is 47.1 Å². The van der Waals surface area contributed by atoms with Crippen molar-refractivity contribution in [1.29, 1.82) is 5.26 Å². The number of primary sulfonamides is 1. The molecule has 1 amide bonds. The van der Waals surface area contributed by atoms with Crippen molar-refractivity contribution in [3.63, 3.8) is 0 Å². The summed E-state index contributed by atoms with van der Waals surface area (Å²) in [5.74, 6) is 1.20. The van der Waals surface area contributed by atoms with Gasteiger partial charge in [-0.15, -0.1) is 0 Å². The molecule has 0 radical (unpaired) electrons. The second-order valence-corrected chi connectivity index (χ2v) is 16.5. The van der Waals surface area contributed by atoms with E-state index in [1.165, 1.54) is 12.1 Å². The number of ether oxygens (including phenoxy) is 2. The van der Waals surface area contributed by atoms with Gasteiger partial charge in [-0.25, -0.2) is 13.6 Å². The highest BCUT2D eigenvalue weighted by Crippen LogP contribution is 2.37. The monoisotopic (exact) mass is 803 g/mol. The minimum atomic E-state index is -3.77. The van der Waals surface area contributed by atoms with Gasteiger partial charge in [-0.1, -0.05) is 78.7 Å². The Morgan fingerprint density at radius 1 is 0.825 bits per heavy atom. The summed E-state index contributed by atoms with van der Waals surface area (Å²) >= 11 is 6.97. The minimum absolute atomic E-state index is 0.0718. The molecular weight excluding hydrogens is 758 g/mol. The Kier molecular flexibility index (Phi) is 12.5. The van der Waals surface area contributed by atoms with Crippen molar-refractivity contribution in [1.82, 2.24) is 9.80 Å². The van der Waals surface area contributed by atoms with Crippen LogP contribution in [0.3, 0.4) is 0 Å². The predicted molar refractivity (Wildman–Crippen MR) is 223 cm³/mol. The van der Waals surface area contributed by atoms with Crippen molar-refractivity contribution >= 4 is 33.2 Å². The molecule has 57 heavy (non-hydrogen) atoms. The molecule has 294 valence electrons. The zero-order chi connectivity index (χ0) is 39.9. The Morgan fingerprint density at radius 3 is 2.30 bits per heavy atom. The fourth-order valence-corrected chi connectivity index (χ4v) is 8.44. The first-order valence-electron chi connectivity index (χ1n) is 19.2. The zero-order valence-electron chi connectivity index (χ0n) is 31.9. The first-order chi connectivity index (χ1) is 27.6. The number of piperazine rings is 1. The largest absolute Gasteiger partial charge is 0.488 e. The van der Waals surface area contributed by atoms with Gasteiger partial charge in [-0.05, 0) is 96.6 Å². The Hall–Kier alpha value is -5.38. The molecule has 0 bridgehead atoms. The minimum Gasteiger partial charge on any atom is -0.488 e. The lowest BCUT2D eigenvalue weighted by molar-refractivity contribution is -0.138. The Morgan fingerprint density at radius 2 is 1.56 bits per heavy atom. The predicted octanol–water partition coefficient (Wildman–Crippen LogP) is 7.70. The highest BCUT2D eigenvalue weighted by molar-refractivity contribution is 7.89. The van der Waals surface area contributed by atoms with Crippen LogP contribution in [0.15, 0.2) is 114 Å². The van der Waals surface area contributed by atoms with Gasteiger partial charge < -0.3 is 19.3 Å². The van der Waals surface area contributed by atoms with Crippen LogP contribution in [0.5, 0.6) is 11.5 Å². The second kappa shape index (κ2) is 17.8. The molecule has 2 N–H and O–H groups in total. The van der Waals surface area contributed by atoms with Gasteiger partial charge in [0.05, 0.1) is 27.6 Å². The average molecular weight is 804 g/mol. The number of carbonyl (C=O) groups is 1. The number of likely N-dealkylation sites (tertiary alicyclic amines) is 1. The Balaban J connectivity index is 1.08. The number of amides is 1. The van der Waals surface area contributed by atoms with Crippen molar-refractivity contribution in [2.75, 3.05) is 37.6 Å². The van der Waals surface area contributed by atoms with Gasteiger partial charge in [0.15, 0.2) is 0 Å². The summed E-state index contributed by atoms with van der Waals surface area (Å²) in [5.41, 5.74) is 7.61. The molecule has 2 heterocycles. The molecule has 2 aliphatic heterocycles. The summed E-state index contributed by atoms with van der Waals surface area (Å²) in [4.78, 5) is 20.6. The molecule has 0 spiro atoms. The third-order valence-electron chi connectivity index (χ3n) is 10.9. The number of rotatable bonds is 12. The van der Waals surface area contributed by atoms with Gasteiger partial charge in [0, 0.05) is 50.0 Å². The van der Waals surface area contributed by atoms with Crippen molar-refractivity contribution in [3.05, 3.63) is 142 Å². The van der Waals surface area contributed by atoms with Crippen LogP contribution in [0.2, 0.25) is 5.02 Å². The first-order valence-corrected chi connectivity index (χ1v) is 21.1. The summed E-state index contributed by atoms with van der Waals surface area (Å²) in [6, 6.07) is 36.0. The molecule has 0 aromatic heterocycles. The van der Waals surface area contributed by atoms with Gasteiger partial charge in [0.1, 0.15) is 24.7 Å². The summed E-state index contributed by atoms with van der Waals surface area (Å²) in [6.07, 6.45) is 2.68. The molecule has 2 aliphatic rings. The van der Waals surface area contributed by atoms with E-state index >= 15 is 0 Å².